The fourth-order valence-electron chi connectivity index (χ4n) is 3.62. The van der Waals surface area contributed by atoms with Gasteiger partial charge in [0.2, 0.25) is 5.91 Å². The summed E-state index contributed by atoms with van der Waals surface area (Å²) in [6.45, 7) is 0. The summed E-state index contributed by atoms with van der Waals surface area (Å²) in [4.78, 5) is 22.7. The molecule has 4 rings (SSSR count). The molecule has 2 heterocycles. The van der Waals surface area contributed by atoms with Crippen molar-refractivity contribution in [3.8, 4) is 5.75 Å². The number of unbranched alkanes of at least 4 members (excludes halogenated alkanes) is 2. The standard InChI is InChI=1S/C23H23NO4S/c25-18-9-6-16(7-10-18)13-19-14-17-12-15(8-11-20(17)28-19)4-2-1-3-5-21-22(26)24-23(27)29-21/h6-12,14,21,25H,1-5,13H2,(H,24,26,27). The average molecular weight is 410 g/mol. The number of thioether (sulfide) groups is 1. The summed E-state index contributed by atoms with van der Waals surface area (Å²) in [5.74, 6) is 1.03. The number of hydrogen-bond acceptors (Lipinski definition) is 5. The molecule has 0 aliphatic carbocycles. The largest absolute Gasteiger partial charge is 0.508 e. The van der Waals surface area contributed by atoms with Gasteiger partial charge in [-0.05, 0) is 60.7 Å². The van der Waals surface area contributed by atoms with E-state index in [0.717, 1.165) is 66.2 Å². The molecule has 2 aromatic carbocycles. The van der Waals surface area contributed by atoms with Gasteiger partial charge in [-0.15, -0.1) is 0 Å². The number of imide groups is 1. The number of hydrogen-bond donors (Lipinski definition) is 2. The van der Waals surface area contributed by atoms with E-state index in [2.05, 4.69) is 23.5 Å². The molecular formula is C23H23NO4S. The number of carbonyl (C=O) groups is 2. The van der Waals surface area contributed by atoms with Crippen molar-refractivity contribution in [2.45, 2.75) is 43.8 Å². The Hall–Kier alpha value is -2.73. The molecule has 1 aromatic heterocycles. The second kappa shape index (κ2) is 8.74. The maximum atomic E-state index is 11.6. The van der Waals surface area contributed by atoms with Crippen LogP contribution in [0.2, 0.25) is 0 Å². The van der Waals surface area contributed by atoms with Gasteiger partial charge in [-0.2, -0.15) is 0 Å². The normalized spacial score (nSPS) is 16.5. The van der Waals surface area contributed by atoms with Gasteiger partial charge >= 0.3 is 0 Å². The van der Waals surface area contributed by atoms with Crippen LogP contribution >= 0.6 is 11.8 Å². The molecule has 1 unspecified atom stereocenters. The van der Waals surface area contributed by atoms with E-state index in [9.17, 15) is 14.7 Å². The Kier molecular flexibility index (Phi) is 5.90. The Bertz CT molecular complexity index is 1030. The minimum atomic E-state index is -0.224. The van der Waals surface area contributed by atoms with Gasteiger partial charge in [0.25, 0.3) is 5.24 Å². The molecular weight excluding hydrogens is 386 g/mol. The van der Waals surface area contributed by atoms with Crippen LogP contribution in [0, 0.1) is 0 Å². The number of phenols is 1. The van der Waals surface area contributed by atoms with Crippen LogP contribution in [0.3, 0.4) is 0 Å². The van der Waals surface area contributed by atoms with Gasteiger partial charge in [-0.1, -0.05) is 42.8 Å². The first-order valence-corrected chi connectivity index (χ1v) is 10.8. The van der Waals surface area contributed by atoms with Gasteiger partial charge in [0.1, 0.15) is 17.1 Å². The van der Waals surface area contributed by atoms with E-state index in [4.69, 9.17) is 4.42 Å². The minimum absolute atomic E-state index is 0.145. The van der Waals surface area contributed by atoms with Gasteiger partial charge in [0.15, 0.2) is 0 Å². The maximum Gasteiger partial charge on any atom is 0.286 e. The van der Waals surface area contributed by atoms with Crippen LogP contribution in [0.15, 0.2) is 52.9 Å². The maximum absolute atomic E-state index is 11.6. The fraction of sp³-hybridized carbons (Fsp3) is 0.304. The quantitative estimate of drug-likeness (QED) is 0.501. The van der Waals surface area contributed by atoms with Crippen molar-refractivity contribution in [3.05, 3.63) is 65.4 Å². The first kappa shape index (κ1) is 19.6. The summed E-state index contributed by atoms with van der Waals surface area (Å²) in [5, 5.41) is 12.4. The number of fused-ring (bicyclic) bond motifs is 1. The SMILES string of the molecule is O=C1NC(=O)C(CCCCCc2ccc3oc(Cc4ccc(O)cc4)cc3c2)S1. The van der Waals surface area contributed by atoms with E-state index >= 15 is 0 Å². The third-order valence-corrected chi connectivity index (χ3v) is 6.20. The van der Waals surface area contributed by atoms with Crippen molar-refractivity contribution >= 4 is 33.9 Å². The van der Waals surface area contributed by atoms with Gasteiger partial charge in [0.05, 0.1) is 5.25 Å². The number of phenolic OH excluding ortho intramolecular Hbond substituents is 1. The monoisotopic (exact) mass is 409 g/mol. The van der Waals surface area contributed by atoms with Crippen LogP contribution in [-0.4, -0.2) is 21.5 Å². The number of furan rings is 1. The van der Waals surface area contributed by atoms with Crippen molar-refractivity contribution in [1.29, 1.82) is 0 Å². The molecule has 0 spiro atoms. The van der Waals surface area contributed by atoms with Crippen LogP contribution in [0.1, 0.15) is 42.6 Å². The van der Waals surface area contributed by atoms with E-state index in [1.54, 1.807) is 12.1 Å². The Morgan fingerprint density at radius 1 is 0.966 bits per heavy atom. The lowest BCUT2D eigenvalue weighted by Gasteiger charge is -2.05. The molecule has 5 nitrogen and oxygen atoms in total. The van der Waals surface area contributed by atoms with Crippen LogP contribution in [0.25, 0.3) is 11.0 Å². The third kappa shape index (κ3) is 5.01. The molecule has 3 aromatic rings. The predicted octanol–water partition coefficient (Wildman–Crippen LogP) is 5.18. The number of aryl methyl sites for hydroxylation is 1. The van der Waals surface area contributed by atoms with Crippen molar-refractivity contribution in [2.24, 2.45) is 0 Å². The average Bonchev–Trinajstić information content (AvgIpc) is 3.24. The summed E-state index contributed by atoms with van der Waals surface area (Å²) < 4.78 is 5.95. The lowest BCUT2D eigenvalue weighted by atomic mass is 10.0. The molecule has 150 valence electrons. The zero-order valence-corrected chi connectivity index (χ0v) is 16.8. The molecule has 1 atom stereocenters. The van der Waals surface area contributed by atoms with E-state index in [1.807, 2.05) is 18.2 Å². The summed E-state index contributed by atoms with van der Waals surface area (Å²) >= 11 is 1.11. The molecule has 0 radical (unpaired) electrons. The van der Waals surface area contributed by atoms with Crippen LogP contribution in [0.5, 0.6) is 5.75 Å². The molecule has 2 amide bonds. The van der Waals surface area contributed by atoms with Crippen LogP contribution in [-0.2, 0) is 17.6 Å². The van der Waals surface area contributed by atoms with Crippen molar-refractivity contribution in [2.75, 3.05) is 0 Å². The van der Waals surface area contributed by atoms with Crippen LogP contribution in [0.4, 0.5) is 4.79 Å². The highest BCUT2D eigenvalue weighted by Crippen LogP contribution is 2.26. The number of benzene rings is 2. The second-order valence-electron chi connectivity index (χ2n) is 7.41. The smallest absolute Gasteiger partial charge is 0.286 e. The van der Waals surface area contributed by atoms with E-state index < -0.39 is 0 Å². The van der Waals surface area contributed by atoms with Gasteiger partial charge in [-0.25, -0.2) is 0 Å². The topological polar surface area (TPSA) is 79.5 Å². The van der Waals surface area contributed by atoms with Crippen molar-refractivity contribution in [1.82, 2.24) is 5.32 Å². The number of amides is 2. The first-order valence-electron chi connectivity index (χ1n) is 9.87. The van der Waals surface area contributed by atoms with E-state index in [0.29, 0.717) is 6.42 Å². The Labute approximate surface area is 173 Å². The molecule has 0 saturated carbocycles. The lowest BCUT2D eigenvalue weighted by Crippen LogP contribution is -2.24. The number of nitrogens with one attached hydrogen (secondary N) is 1. The summed E-state index contributed by atoms with van der Waals surface area (Å²) in [6.07, 6.45) is 5.47. The number of carbonyl (C=O) groups excluding carboxylic acids is 2. The highest BCUT2D eigenvalue weighted by molar-refractivity contribution is 8.15. The molecule has 29 heavy (non-hydrogen) atoms. The Balaban J connectivity index is 1.28. The van der Waals surface area contributed by atoms with E-state index in [-0.39, 0.29) is 22.1 Å². The van der Waals surface area contributed by atoms with Gasteiger partial charge in [0, 0.05) is 11.8 Å². The zero-order chi connectivity index (χ0) is 20.2. The summed E-state index contributed by atoms with van der Waals surface area (Å²) in [7, 11) is 0. The highest BCUT2D eigenvalue weighted by atomic mass is 32.2. The molecule has 2 N–H and O–H groups in total. The van der Waals surface area contributed by atoms with Gasteiger partial charge < -0.3 is 9.52 Å². The molecule has 1 fully saturated rings. The van der Waals surface area contributed by atoms with Gasteiger partial charge in [-0.3, -0.25) is 14.9 Å². The van der Waals surface area contributed by atoms with E-state index in [1.165, 1.54) is 5.56 Å². The summed E-state index contributed by atoms with van der Waals surface area (Å²) in [6, 6.07) is 15.6. The highest BCUT2D eigenvalue weighted by Gasteiger charge is 2.30. The third-order valence-electron chi connectivity index (χ3n) is 5.15. The minimum Gasteiger partial charge on any atom is -0.508 e. The molecule has 1 saturated heterocycles. The van der Waals surface area contributed by atoms with Crippen molar-refractivity contribution in [3.63, 3.8) is 0 Å². The second-order valence-corrected chi connectivity index (χ2v) is 8.59. The lowest BCUT2D eigenvalue weighted by molar-refractivity contribution is -0.119. The first-order chi connectivity index (χ1) is 14.1. The molecule has 6 heteroatoms. The Morgan fingerprint density at radius 3 is 2.52 bits per heavy atom. The number of rotatable bonds is 8. The fourth-order valence-corrected chi connectivity index (χ4v) is 4.49. The Morgan fingerprint density at radius 2 is 1.76 bits per heavy atom. The molecule has 1 aliphatic rings. The summed E-state index contributed by atoms with van der Waals surface area (Å²) in [5.41, 5.74) is 3.26. The zero-order valence-electron chi connectivity index (χ0n) is 16.0. The molecule has 0 bridgehead atoms. The predicted molar refractivity (Wildman–Crippen MR) is 114 cm³/mol. The van der Waals surface area contributed by atoms with Crippen LogP contribution < -0.4 is 5.32 Å². The van der Waals surface area contributed by atoms with Crippen molar-refractivity contribution < 1.29 is 19.1 Å². The number of aromatic hydroxyl groups is 1. The molecule has 1 aliphatic heterocycles.